The zero-order chi connectivity index (χ0) is 17.2. The van der Waals surface area contributed by atoms with E-state index in [1.54, 1.807) is 0 Å². The lowest BCUT2D eigenvalue weighted by atomic mass is 10.0. The number of hydrogen-bond acceptors (Lipinski definition) is 3. The van der Waals surface area contributed by atoms with Crippen molar-refractivity contribution < 1.29 is 9.90 Å². The van der Waals surface area contributed by atoms with Gasteiger partial charge < -0.3 is 15.3 Å². The van der Waals surface area contributed by atoms with Gasteiger partial charge in [-0.3, -0.25) is 4.90 Å². The minimum Gasteiger partial charge on any atom is -0.393 e. The first-order valence-electron chi connectivity index (χ1n) is 9.70. The number of carbonyl (C=O) groups excluding carboxylic acids is 1. The Hall–Kier alpha value is -1.59. The SMILES string of the molecule is O=C(NCc1ccccc1CN1CCC(O)CC1)N1C[C@H]2CC[C@H]1C2. The molecule has 2 bridgehead atoms. The molecule has 3 fully saturated rings. The minimum absolute atomic E-state index is 0.100. The molecule has 0 unspecified atom stereocenters. The summed E-state index contributed by atoms with van der Waals surface area (Å²) in [6, 6.07) is 8.96. The van der Waals surface area contributed by atoms with Crippen LogP contribution in [-0.4, -0.2) is 52.7 Å². The molecule has 0 radical (unpaired) electrons. The first-order valence-corrected chi connectivity index (χ1v) is 9.70. The molecule has 1 aromatic carbocycles. The third kappa shape index (κ3) is 3.82. The highest BCUT2D eigenvalue weighted by Crippen LogP contribution is 2.37. The molecule has 3 aliphatic rings. The van der Waals surface area contributed by atoms with Gasteiger partial charge >= 0.3 is 6.03 Å². The molecule has 2 saturated heterocycles. The number of rotatable bonds is 4. The molecule has 25 heavy (non-hydrogen) atoms. The Morgan fingerprint density at radius 1 is 1.12 bits per heavy atom. The number of nitrogens with zero attached hydrogens (tertiary/aromatic N) is 2. The fraction of sp³-hybridized carbons (Fsp3) is 0.650. The van der Waals surface area contributed by atoms with Crippen molar-refractivity contribution in [3.63, 3.8) is 0 Å². The van der Waals surface area contributed by atoms with Gasteiger partial charge in [-0.1, -0.05) is 24.3 Å². The van der Waals surface area contributed by atoms with Gasteiger partial charge in [-0.2, -0.15) is 0 Å². The molecule has 4 rings (SSSR count). The monoisotopic (exact) mass is 343 g/mol. The Morgan fingerprint density at radius 3 is 2.56 bits per heavy atom. The molecule has 2 amide bonds. The Balaban J connectivity index is 1.33. The molecule has 0 spiro atoms. The normalized spacial score (nSPS) is 27.0. The Labute approximate surface area is 150 Å². The van der Waals surface area contributed by atoms with Crippen LogP contribution in [0.3, 0.4) is 0 Å². The van der Waals surface area contributed by atoms with Crippen LogP contribution in [-0.2, 0) is 13.1 Å². The van der Waals surface area contributed by atoms with Crippen LogP contribution < -0.4 is 5.32 Å². The van der Waals surface area contributed by atoms with E-state index in [2.05, 4.69) is 28.4 Å². The van der Waals surface area contributed by atoms with Gasteiger partial charge in [0.15, 0.2) is 0 Å². The van der Waals surface area contributed by atoms with E-state index < -0.39 is 0 Å². The number of piperidine rings is 2. The van der Waals surface area contributed by atoms with Crippen LogP contribution in [0.1, 0.15) is 43.2 Å². The standard InChI is InChI=1S/C20H29N3O2/c24-19-7-9-22(10-8-19)14-17-4-2-1-3-16(17)12-21-20(25)23-13-15-5-6-18(23)11-15/h1-4,15,18-19,24H,5-14H2,(H,21,25)/t15-,18-/m0/s1. The van der Waals surface area contributed by atoms with Gasteiger partial charge in [0, 0.05) is 38.8 Å². The van der Waals surface area contributed by atoms with E-state index in [0.717, 1.165) is 44.9 Å². The first kappa shape index (κ1) is 16.9. The molecule has 2 heterocycles. The quantitative estimate of drug-likeness (QED) is 0.882. The second kappa shape index (κ2) is 7.34. The van der Waals surface area contributed by atoms with Crippen LogP contribution in [0.2, 0.25) is 0 Å². The molecule has 2 N–H and O–H groups in total. The fourth-order valence-corrected chi connectivity index (χ4v) is 4.65. The van der Waals surface area contributed by atoms with Gasteiger partial charge in [-0.15, -0.1) is 0 Å². The second-order valence-corrected chi connectivity index (χ2v) is 7.92. The summed E-state index contributed by atoms with van der Waals surface area (Å²) in [5.41, 5.74) is 2.48. The lowest BCUT2D eigenvalue weighted by Gasteiger charge is -2.30. The van der Waals surface area contributed by atoms with Crippen molar-refractivity contribution in [1.82, 2.24) is 15.1 Å². The summed E-state index contributed by atoms with van der Waals surface area (Å²) in [6.07, 6.45) is 5.25. The average molecular weight is 343 g/mol. The van der Waals surface area contributed by atoms with Crippen molar-refractivity contribution in [3.05, 3.63) is 35.4 Å². The maximum absolute atomic E-state index is 12.5. The second-order valence-electron chi connectivity index (χ2n) is 7.92. The Morgan fingerprint density at radius 2 is 1.88 bits per heavy atom. The zero-order valence-corrected chi connectivity index (χ0v) is 14.9. The van der Waals surface area contributed by atoms with Crippen LogP contribution in [0.5, 0.6) is 0 Å². The van der Waals surface area contributed by atoms with Crippen LogP contribution in [0, 0.1) is 5.92 Å². The number of hydrogen-bond donors (Lipinski definition) is 2. The van der Waals surface area contributed by atoms with E-state index in [1.165, 1.54) is 30.4 Å². The smallest absolute Gasteiger partial charge is 0.317 e. The average Bonchev–Trinajstić information content (AvgIpc) is 3.26. The number of aliphatic hydroxyl groups is 1. The summed E-state index contributed by atoms with van der Waals surface area (Å²) >= 11 is 0. The van der Waals surface area contributed by atoms with E-state index in [-0.39, 0.29) is 12.1 Å². The highest BCUT2D eigenvalue weighted by Gasteiger charge is 2.40. The number of benzene rings is 1. The topological polar surface area (TPSA) is 55.8 Å². The fourth-order valence-electron chi connectivity index (χ4n) is 4.65. The molecule has 136 valence electrons. The van der Waals surface area contributed by atoms with Crippen LogP contribution >= 0.6 is 0 Å². The first-order chi connectivity index (χ1) is 12.2. The van der Waals surface area contributed by atoms with Crippen molar-refractivity contribution >= 4 is 6.03 Å². The van der Waals surface area contributed by atoms with Gasteiger partial charge in [0.05, 0.1) is 6.10 Å². The summed E-state index contributed by atoms with van der Waals surface area (Å²) in [5, 5.41) is 12.8. The summed E-state index contributed by atoms with van der Waals surface area (Å²) in [5.74, 6) is 0.734. The highest BCUT2D eigenvalue weighted by atomic mass is 16.3. The third-order valence-corrected chi connectivity index (χ3v) is 6.17. The zero-order valence-electron chi connectivity index (χ0n) is 14.9. The number of aliphatic hydroxyl groups excluding tert-OH is 1. The summed E-state index contributed by atoms with van der Waals surface area (Å²) in [7, 11) is 0. The van der Waals surface area contributed by atoms with E-state index in [1.807, 2.05) is 11.0 Å². The van der Waals surface area contributed by atoms with Gasteiger partial charge in [0.1, 0.15) is 0 Å². The predicted molar refractivity (Wildman–Crippen MR) is 97.0 cm³/mol. The van der Waals surface area contributed by atoms with Crippen molar-refractivity contribution in [2.45, 2.75) is 57.3 Å². The lowest BCUT2D eigenvalue weighted by Crippen LogP contribution is -2.44. The number of urea groups is 1. The molecule has 1 saturated carbocycles. The summed E-state index contributed by atoms with van der Waals surface area (Å²) < 4.78 is 0. The van der Waals surface area contributed by atoms with E-state index in [4.69, 9.17) is 0 Å². The molecule has 1 aromatic rings. The maximum atomic E-state index is 12.5. The molecule has 5 nitrogen and oxygen atoms in total. The highest BCUT2D eigenvalue weighted by molar-refractivity contribution is 5.75. The van der Waals surface area contributed by atoms with Crippen molar-refractivity contribution in [2.24, 2.45) is 5.92 Å². The predicted octanol–water partition coefficient (Wildman–Crippen LogP) is 2.34. The van der Waals surface area contributed by atoms with Crippen LogP contribution in [0.15, 0.2) is 24.3 Å². The van der Waals surface area contributed by atoms with E-state index in [9.17, 15) is 9.90 Å². The molecular formula is C20H29N3O2. The number of carbonyl (C=O) groups is 1. The van der Waals surface area contributed by atoms with Gasteiger partial charge in [0.2, 0.25) is 0 Å². The third-order valence-electron chi connectivity index (χ3n) is 6.17. The minimum atomic E-state index is -0.137. The molecule has 1 aliphatic carbocycles. The molecule has 0 aromatic heterocycles. The molecule has 5 heteroatoms. The number of amides is 2. The van der Waals surface area contributed by atoms with Crippen molar-refractivity contribution in [2.75, 3.05) is 19.6 Å². The number of likely N-dealkylation sites (tertiary alicyclic amines) is 2. The molecular weight excluding hydrogens is 314 g/mol. The number of nitrogens with one attached hydrogen (secondary N) is 1. The summed E-state index contributed by atoms with van der Waals surface area (Å²) in [6.45, 7) is 4.32. The molecule has 2 aliphatic heterocycles. The van der Waals surface area contributed by atoms with Crippen molar-refractivity contribution in [3.8, 4) is 0 Å². The Kier molecular flexibility index (Phi) is 4.95. The summed E-state index contributed by atoms with van der Waals surface area (Å²) in [4.78, 5) is 17.0. The van der Waals surface area contributed by atoms with Crippen LogP contribution in [0.4, 0.5) is 4.79 Å². The van der Waals surface area contributed by atoms with Gasteiger partial charge in [-0.25, -0.2) is 4.79 Å². The van der Waals surface area contributed by atoms with Gasteiger partial charge in [0.25, 0.3) is 0 Å². The van der Waals surface area contributed by atoms with E-state index >= 15 is 0 Å². The van der Waals surface area contributed by atoms with Crippen molar-refractivity contribution in [1.29, 1.82) is 0 Å². The lowest BCUT2D eigenvalue weighted by molar-refractivity contribution is 0.0791. The van der Waals surface area contributed by atoms with Gasteiger partial charge in [-0.05, 0) is 49.1 Å². The maximum Gasteiger partial charge on any atom is 0.317 e. The van der Waals surface area contributed by atoms with Crippen LogP contribution in [0.25, 0.3) is 0 Å². The molecule has 2 atom stereocenters. The number of fused-ring (bicyclic) bond motifs is 2. The Bertz CT molecular complexity index is 613. The largest absolute Gasteiger partial charge is 0.393 e. The van der Waals surface area contributed by atoms with E-state index in [0.29, 0.717) is 12.6 Å².